The van der Waals surface area contributed by atoms with E-state index >= 15 is 0 Å². The van der Waals surface area contributed by atoms with Crippen molar-refractivity contribution in [2.24, 2.45) is 0 Å². The molecule has 0 radical (unpaired) electrons. The lowest BCUT2D eigenvalue weighted by Crippen LogP contribution is -2.15. The second-order valence-electron chi connectivity index (χ2n) is 5.54. The number of carbonyl (C=O) groups excluding carboxylic acids is 1. The highest BCUT2D eigenvalue weighted by Gasteiger charge is 2.30. The molecule has 0 saturated carbocycles. The van der Waals surface area contributed by atoms with E-state index in [9.17, 15) is 18.0 Å². The largest absolute Gasteiger partial charge is 0.497 e. The van der Waals surface area contributed by atoms with Crippen molar-refractivity contribution < 1.29 is 27.2 Å². The lowest BCUT2D eigenvalue weighted by atomic mass is 10.2. The summed E-state index contributed by atoms with van der Waals surface area (Å²) in [5.41, 5.74) is -0.145. The van der Waals surface area contributed by atoms with Crippen LogP contribution in [0.5, 0.6) is 5.75 Å². The third-order valence-electron chi connectivity index (χ3n) is 3.60. The van der Waals surface area contributed by atoms with Gasteiger partial charge in [-0.25, -0.2) is 0 Å². The maximum absolute atomic E-state index is 12.7. The molecular weight excluding hydrogens is 363 g/mol. The summed E-state index contributed by atoms with van der Waals surface area (Å²) in [5.74, 6) is 0.437. The van der Waals surface area contributed by atoms with Crippen LogP contribution in [0.25, 0.3) is 11.4 Å². The van der Waals surface area contributed by atoms with Gasteiger partial charge in [0.2, 0.25) is 17.6 Å². The Morgan fingerprint density at radius 3 is 2.59 bits per heavy atom. The number of ether oxygens (including phenoxy) is 1. The van der Waals surface area contributed by atoms with E-state index in [0.29, 0.717) is 17.1 Å². The van der Waals surface area contributed by atoms with E-state index in [0.717, 1.165) is 12.1 Å². The summed E-state index contributed by atoms with van der Waals surface area (Å²) in [6.45, 7) is 0. The Hall–Kier alpha value is -3.36. The molecule has 1 heterocycles. The first-order valence-electron chi connectivity index (χ1n) is 7.79. The van der Waals surface area contributed by atoms with Gasteiger partial charge in [-0.1, -0.05) is 11.2 Å². The molecule has 0 fully saturated rings. The fourth-order valence-electron chi connectivity index (χ4n) is 2.30. The Morgan fingerprint density at radius 1 is 1.19 bits per heavy atom. The quantitative estimate of drug-likeness (QED) is 0.729. The smallest absolute Gasteiger partial charge is 0.416 e. The number of amides is 1. The average Bonchev–Trinajstić information content (AvgIpc) is 3.09. The monoisotopic (exact) mass is 377 g/mol. The predicted molar refractivity (Wildman–Crippen MR) is 90.1 cm³/mol. The van der Waals surface area contributed by atoms with Crippen molar-refractivity contribution in [3.05, 3.63) is 60.0 Å². The molecule has 3 aromatic rings. The van der Waals surface area contributed by atoms with Gasteiger partial charge in [0.15, 0.2) is 0 Å². The normalized spacial score (nSPS) is 11.3. The summed E-state index contributed by atoms with van der Waals surface area (Å²) in [6, 6.07) is 11.3. The second kappa shape index (κ2) is 7.48. The number of rotatable bonds is 5. The first-order valence-corrected chi connectivity index (χ1v) is 7.79. The van der Waals surface area contributed by atoms with Crippen molar-refractivity contribution in [2.75, 3.05) is 12.4 Å². The van der Waals surface area contributed by atoms with E-state index < -0.39 is 17.6 Å². The minimum Gasteiger partial charge on any atom is -0.497 e. The number of methoxy groups -OCH3 is 1. The second-order valence-corrected chi connectivity index (χ2v) is 5.54. The van der Waals surface area contributed by atoms with Gasteiger partial charge in [0.1, 0.15) is 12.2 Å². The van der Waals surface area contributed by atoms with Crippen LogP contribution in [-0.4, -0.2) is 23.2 Å². The molecule has 0 aliphatic rings. The van der Waals surface area contributed by atoms with Crippen LogP contribution in [-0.2, 0) is 17.4 Å². The van der Waals surface area contributed by atoms with E-state index in [2.05, 4.69) is 15.5 Å². The van der Waals surface area contributed by atoms with Crippen LogP contribution < -0.4 is 10.1 Å². The number of benzene rings is 2. The Balaban J connectivity index is 1.66. The minimum absolute atomic E-state index is 0.0321. The molecule has 27 heavy (non-hydrogen) atoms. The van der Waals surface area contributed by atoms with E-state index in [1.165, 1.54) is 12.1 Å². The van der Waals surface area contributed by atoms with Crippen molar-refractivity contribution in [1.29, 1.82) is 0 Å². The number of hydrogen-bond acceptors (Lipinski definition) is 5. The first-order chi connectivity index (χ1) is 12.8. The molecule has 9 heteroatoms. The van der Waals surface area contributed by atoms with Gasteiger partial charge < -0.3 is 14.6 Å². The third-order valence-corrected chi connectivity index (χ3v) is 3.60. The number of nitrogens with zero attached hydrogens (tertiary/aromatic N) is 2. The van der Waals surface area contributed by atoms with Crippen molar-refractivity contribution in [1.82, 2.24) is 10.1 Å². The third kappa shape index (κ3) is 4.63. The van der Waals surface area contributed by atoms with E-state index in [1.807, 2.05) is 0 Å². The highest BCUT2D eigenvalue weighted by Crippen LogP contribution is 2.30. The lowest BCUT2D eigenvalue weighted by molar-refractivity contribution is -0.137. The molecule has 1 aromatic heterocycles. The molecule has 3 rings (SSSR count). The number of nitrogens with one attached hydrogen (secondary N) is 1. The molecule has 0 aliphatic carbocycles. The topological polar surface area (TPSA) is 77.2 Å². The Morgan fingerprint density at radius 2 is 1.93 bits per heavy atom. The number of alkyl halides is 3. The van der Waals surface area contributed by atoms with Gasteiger partial charge in [-0.15, -0.1) is 0 Å². The standard InChI is InChI=1S/C18H14F3N3O3/c1-26-14-7-5-11(6-8-14)17-23-16(27-24-17)10-15(25)22-13-4-2-3-12(9-13)18(19,20)21/h2-9H,10H2,1H3,(H,22,25). The maximum atomic E-state index is 12.7. The number of carbonyl (C=O) groups is 1. The SMILES string of the molecule is COc1ccc(-c2noc(CC(=O)Nc3cccc(C(F)(F)F)c3)n2)cc1. The molecule has 0 saturated heterocycles. The van der Waals surface area contributed by atoms with Gasteiger partial charge >= 0.3 is 6.18 Å². The zero-order valence-electron chi connectivity index (χ0n) is 14.1. The van der Waals surface area contributed by atoms with Gasteiger partial charge in [-0.3, -0.25) is 4.79 Å². The summed E-state index contributed by atoms with van der Waals surface area (Å²) < 4.78 is 48.2. The molecule has 140 valence electrons. The number of aromatic nitrogens is 2. The number of anilines is 1. The summed E-state index contributed by atoms with van der Waals surface area (Å²) >= 11 is 0. The molecule has 1 N–H and O–H groups in total. The van der Waals surface area contributed by atoms with Crippen LogP contribution in [0.2, 0.25) is 0 Å². The van der Waals surface area contributed by atoms with E-state index in [4.69, 9.17) is 9.26 Å². The van der Waals surface area contributed by atoms with Gasteiger partial charge in [-0.05, 0) is 42.5 Å². The minimum atomic E-state index is -4.49. The van der Waals surface area contributed by atoms with E-state index in [1.54, 1.807) is 31.4 Å². The van der Waals surface area contributed by atoms with Crippen molar-refractivity contribution in [2.45, 2.75) is 12.6 Å². The molecule has 0 unspecified atom stereocenters. The van der Waals surface area contributed by atoms with Crippen LogP contribution in [0.4, 0.5) is 18.9 Å². The summed E-state index contributed by atoms with van der Waals surface area (Å²) in [7, 11) is 1.55. The highest BCUT2D eigenvalue weighted by atomic mass is 19.4. The highest BCUT2D eigenvalue weighted by molar-refractivity contribution is 5.91. The molecule has 0 atom stereocenters. The zero-order chi connectivity index (χ0) is 19.4. The van der Waals surface area contributed by atoms with Crippen LogP contribution in [0.1, 0.15) is 11.5 Å². The summed E-state index contributed by atoms with van der Waals surface area (Å²) in [4.78, 5) is 16.2. The van der Waals surface area contributed by atoms with Crippen LogP contribution in [0, 0.1) is 0 Å². The van der Waals surface area contributed by atoms with Crippen LogP contribution >= 0.6 is 0 Å². The molecular formula is C18H14F3N3O3. The average molecular weight is 377 g/mol. The Bertz CT molecular complexity index is 937. The van der Waals surface area contributed by atoms with Crippen LogP contribution in [0.15, 0.2) is 53.1 Å². The van der Waals surface area contributed by atoms with Crippen LogP contribution in [0.3, 0.4) is 0 Å². The summed E-state index contributed by atoms with van der Waals surface area (Å²) in [5, 5.41) is 6.18. The van der Waals surface area contributed by atoms with Crippen molar-refractivity contribution >= 4 is 11.6 Å². The number of hydrogen-bond donors (Lipinski definition) is 1. The lowest BCUT2D eigenvalue weighted by Gasteiger charge is -2.09. The first kappa shape index (κ1) is 18.4. The van der Waals surface area contributed by atoms with Gasteiger partial charge in [0.05, 0.1) is 12.7 Å². The Kier molecular flexibility index (Phi) is 5.11. The van der Waals surface area contributed by atoms with Gasteiger partial charge in [-0.2, -0.15) is 18.2 Å². The van der Waals surface area contributed by atoms with Crippen molar-refractivity contribution in [3.8, 4) is 17.1 Å². The fraction of sp³-hybridized carbons (Fsp3) is 0.167. The molecule has 0 spiro atoms. The van der Waals surface area contributed by atoms with Gasteiger partial charge in [0, 0.05) is 11.3 Å². The molecule has 2 aromatic carbocycles. The molecule has 0 bridgehead atoms. The Labute approximate surface area is 152 Å². The molecule has 1 amide bonds. The molecule has 0 aliphatic heterocycles. The summed E-state index contributed by atoms with van der Waals surface area (Å²) in [6.07, 6.45) is -4.75. The fourth-order valence-corrected chi connectivity index (χ4v) is 2.30. The maximum Gasteiger partial charge on any atom is 0.416 e. The predicted octanol–water partition coefficient (Wildman–Crippen LogP) is 3.95. The van der Waals surface area contributed by atoms with Crippen molar-refractivity contribution in [3.63, 3.8) is 0 Å². The van der Waals surface area contributed by atoms with Gasteiger partial charge in [0.25, 0.3) is 0 Å². The van der Waals surface area contributed by atoms with E-state index in [-0.39, 0.29) is 18.0 Å². The molecule has 6 nitrogen and oxygen atoms in total. The number of halogens is 3. The zero-order valence-corrected chi connectivity index (χ0v) is 14.1.